The van der Waals surface area contributed by atoms with Crippen LogP contribution in [0.25, 0.3) is 0 Å². The molecule has 0 aromatic carbocycles. The Hall–Kier alpha value is -1.10. The molecular weight excluding hydrogens is 136 g/mol. The molecule has 0 aliphatic carbocycles. The molecule has 4 N–H and O–H groups in total. The van der Waals surface area contributed by atoms with Crippen LogP contribution < -0.4 is 11.5 Å². The quantitative estimate of drug-likeness (QED) is 0.498. The smallest absolute Gasteiger partial charge is 0.247 e. The number of hydrogen-bond donors (Lipinski definition) is 2. The van der Waals surface area contributed by atoms with Gasteiger partial charge in [-0.05, 0) is 0 Å². The van der Waals surface area contributed by atoms with Crippen LogP contribution in [0.3, 0.4) is 0 Å². The first-order valence-corrected chi connectivity index (χ1v) is 2.68. The summed E-state index contributed by atoms with van der Waals surface area (Å²) in [5.41, 5.74) is 9.60. The SMILES string of the molecule is CO[C@H](CC(N)=O)C(N)=O. The number of primary amides is 2. The number of carbonyl (C=O) groups excluding carboxylic acids is 2. The highest BCUT2D eigenvalue weighted by Crippen LogP contribution is 1.93. The summed E-state index contributed by atoms with van der Waals surface area (Å²) in [7, 11) is 1.29. The van der Waals surface area contributed by atoms with Gasteiger partial charge in [-0.2, -0.15) is 0 Å². The van der Waals surface area contributed by atoms with E-state index in [2.05, 4.69) is 4.74 Å². The molecule has 0 aromatic rings. The van der Waals surface area contributed by atoms with Gasteiger partial charge in [-0.1, -0.05) is 0 Å². The Morgan fingerprint density at radius 3 is 2.10 bits per heavy atom. The lowest BCUT2D eigenvalue weighted by atomic mass is 10.2. The van der Waals surface area contributed by atoms with Gasteiger partial charge < -0.3 is 16.2 Å². The van der Waals surface area contributed by atoms with Crippen LogP contribution in [0.2, 0.25) is 0 Å². The molecule has 10 heavy (non-hydrogen) atoms. The number of carbonyl (C=O) groups is 2. The normalized spacial score (nSPS) is 12.5. The average molecular weight is 146 g/mol. The third kappa shape index (κ3) is 3.03. The first-order valence-electron chi connectivity index (χ1n) is 2.68. The van der Waals surface area contributed by atoms with Crippen molar-refractivity contribution in [2.45, 2.75) is 12.5 Å². The van der Waals surface area contributed by atoms with Crippen molar-refractivity contribution in [3.8, 4) is 0 Å². The molecule has 0 fully saturated rings. The molecule has 1 atom stereocenters. The first kappa shape index (κ1) is 8.90. The molecule has 0 radical (unpaired) electrons. The maximum Gasteiger partial charge on any atom is 0.247 e. The van der Waals surface area contributed by atoms with Crippen LogP contribution >= 0.6 is 0 Å². The fourth-order valence-electron chi connectivity index (χ4n) is 0.483. The van der Waals surface area contributed by atoms with Crippen LogP contribution in [0.1, 0.15) is 6.42 Å². The van der Waals surface area contributed by atoms with Crippen molar-refractivity contribution in [1.29, 1.82) is 0 Å². The number of rotatable bonds is 4. The van der Waals surface area contributed by atoms with E-state index in [1.165, 1.54) is 7.11 Å². The minimum atomic E-state index is -0.891. The third-order valence-electron chi connectivity index (χ3n) is 0.988. The summed E-state index contributed by atoms with van der Waals surface area (Å²) in [6.07, 6.45) is -1.05. The van der Waals surface area contributed by atoms with E-state index >= 15 is 0 Å². The Labute approximate surface area is 58.3 Å². The number of amides is 2. The Balaban J connectivity index is 3.83. The van der Waals surface area contributed by atoms with Crippen LogP contribution in [-0.4, -0.2) is 25.0 Å². The average Bonchev–Trinajstić information content (AvgIpc) is 1.81. The van der Waals surface area contributed by atoms with Gasteiger partial charge in [0.15, 0.2) is 0 Å². The van der Waals surface area contributed by atoms with Crippen molar-refractivity contribution in [2.24, 2.45) is 11.5 Å². The molecule has 58 valence electrons. The number of nitrogens with two attached hydrogens (primary N) is 2. The second-order valence-corrected chi connectivity index (χ2v) is 1.80. The molecule has 0 saturated carbocycles. The highest BCUT2D eigenvalue weighted by atomic mass is 16.5. The topological polar surface area (TPSA) is 95.4 Å². The first-order chi connectivity index (χ1) is 4.57. The van der Waals surface area contributed by atoms with Crippen LogP contribution in [0, 0.1) is 0 Å². The maximum absolute atomic E-state index is 10.4. The summed E-state index contributed by atoms with van der Waals surface area (Å²) in [5, 5.41) is 0. The van der Waals surface area contributed by atoms with Crippen molar-refractivity contribution in [2.75, 3.05) is 7.11 Å². The summed E-state index contributed by atoms with van der Waals surface area (Å²) < 4.78 is 4.55. The van der Waals surface area contributed by atoms with E-state index in [-0.39, 0.29) is 6.42 Å². The fraction of sp³-hybridized carbons (Fsp3) is 0.600. The minimum Gasteiger partial charge on any atom is -0.371 e. The largest absolute Gasteiger partial charge is 0.371 e. The fourth-order valence-corrected chi connectivity index (χ4v) is 0.483. The van der Waals surface area contributed by atoms with E-state index in [9.17, 15) is 9.59 Å². The molecule has 0 heterocycles. The molecule has 2 amide bonds. The molecule has 0 aliphatic rings. The van der Waals surface area contributed by atoms with Gasteiger partial charge in [-0.25, -0.2) is 0 Å². The van der Waals surface area contributed by atoms with E-state index in [1.54, 1.807) is 0 Å². The van der Waals surface area contributed by atoms with E-state index in [1.807, 2.05) is 0 Å². The standard InChI is InChI=1S/C5H10N2O3/c1-10-3(5(7)9)2-4(6)8/h3H,2H2,1H3,(H2,6,8)(H2,7,9)/t3-/m1/s1. The second-order valence-electron chi connectivity index (χ2n) is 1.80. The summed E-state index contributed by atoms with van der Waals surface area (Å²) in [6.45, 7) is 0. The third-order valence-corrected chi connectivity index (χ3v) is 0.988. The molecule has 0 unspecified atom stereocenters. The lowest BCUT2D eigenvalue weighted by Gasteiger charge is -2.07. The van der Waals surface area contributed by atoms with Crippen LogP contribution in [0.15, 0.2) is 0 Å². The van der Waals surface area contributed by atoms with E-state index in [4.69, 9.17) is 11.5 Å². The number of hydrogen-bond acceptors (Lipinski definition) is 3. The molecule has 0 bridgehead atoms. The van der Waals surface area contributed by atoms with Crippen LogP contribution in [0.4, 0.5) is 0 Å². The molecule has 0 aliphatic heterocycles. The molecule has 5 nitrogen and oxygen atoms in total. The summed E-state index contributed by atoms with van der Waals surface area (Å²) in [5.74, 6) is -1.29. The number of methoxy groups -OCH3 is 1. The predicted molar refractivity (Wildman–Crippen MR) is 33.8 cm³/mol. The molecule has 0 aromatic heterocycles. The van der Waals surface area contributed by atoms with Crippen molar-refractivity contribution in [3.63, 3.8) is 0 Å². The van der Waals surface area contributed by atoms with Gasteiger partial charge in [0, 0.05) is 7.11 Å². The van der Waals surface area contributed by atoms with Crippen molar-refractivity contribution in [3.05, 3.63) is 0 Å². The van der Waals surface area contributed by atoms with Crippen molar-refractivity contribution in [1.82, 2.24) is 0 Å². The number of ether oxygens (including phenoxy) is 1. The summed E-state index contributed by atoms with van der Waals surface area (Å²) >= 11 is 0. The summed E-state index contributed by atoms with van der Waals surface area (Å²) in [6, 6.07) is 0. The maximum atomic E-state index is 10.4. The zero-order valence-electron chi connectivity index (χ0n) is 5.66. The Bertz CT molecular complexity index is 146. The van der Waals surface area contributed by atoms with Crippen molar-refractivity contribution < 1.29 is 14.3 Å². The lowest BCUT2D eigenvalue weighted by molar-refractivity contribution is -0.132. The van der Waals surface area contributed by atoms with E-state index in [0.717, 1.165) is 0 Å². The highest BCUT2D eigenvalue weighted by Gasteiger charge is 2.15. The molecular formula is C5H10N2O3. The van der Waals surface area contributed by atoms with Crippen molar-refractivity contribution >= 4 is 11.8 Å². The Morgan fingerprint density at radius 2 is 2.00 bits per heavy atom. The van der Waals surface area contributed by atoms with Gasteiger partial charge in [0.1, 0.15) is 6.10 Å². The van der Waals surface area contributed by atoms with Gasteiger partial charge in [-0.15, -0.1) is 0 Å². The van der Waals surface area contributed by atoms with Crippen LogP contribution in [0.5, 0.6) is 0 Å². The van der Waals surface area contributed by atoms with E-state index in [0.29, 0.717) is 0 Å². The van der Waals surface area contributed by atoms with Gasteiger partial charge in [0.2, 0.25) is 11.8 Å². The Kier molecular flexibility index (Phi) is 3.42. The highest BCUT2D eigenvalue weighted by molar-refractivity contribution is 5.85. The second kappa shape index (κ2) is 3.84. The van der Waals surface area contributed by atoms with Gasteiger partial charge in [0.25, 0.3) is 0 Å². The molecule has 5 heteroatoms. The Morgan fingerprint density at radius 1 is 1.50 bits per heavy atom. The predicted octanol–water partition coefficient (Wildman–Crippen LogP) is -1.64. The lowest BCUT2D eigenvalue weighted by Crippen LogP contribution is -2.34. The minimum absolute atomic E-state index is 0.161. The van der Waals surface area contributed by atoms with E-state index < -0.39 is 17.9 Å². The zero-order chi connectivity index (χ0) is 8.15. The van der Waals surface area contributed by atoms with Gasteiger partial charge in [-0.3, -0.25) is 9.59 Å². The zero-order valence-corrected chi connectivity index (χ0v) is 5.66. The molecule has 0 rings (SSSR count). The molecule has 0 saturated heterocycles. The monoisotopic (exact) mass is 146 g/mol. The van der Waals surface area contributed by atoms with Gasteiger partial charge >= 0.3 is 0 Å². The molecule has 0 spiro atoms. The summed E-state index contributed by atoms with van der Waals surface area (Å²) in [4.78, 5) is 20.6. The van der Waals surface area contributed by atoms with Crippen LogP contribution in [-0.2, 0) is 14.3 Å². The van der Waals surface area contributed by atoms with Gasteiger partial charge in [0.05, 0.1) is 6.42 Å².